The fourth-order valence-electron chi connectivity index (χ4n) is 0.979. The van der Waals surface area contributed by atoms with Gasteiger partial charge >= 0.3 is 0 Å². The van der Waals surface area contributed by atoms with Gasteiger partial charge in [0, 0.05) is 5.37 Å². The van der Waals surface area contributed by atoms with E-state index in [2.05, 4.69) is 0 Å². The van der Waals surface area contributed by atoms with Crippen LogP contribution in [0, 0.1) is 0 Å². The van der Waals surface area contributed by atoms with E-state index in [1.165, 1.54) is 18.6 Å². The van der Waals surface area contributed by atoms with Crippen LogP contribution in [-0.4, -0.2) is 11.1 Å². The van der Waals surface area contributed by atoms with E-state index >= 15 is 0 Å². The van der Waals surface area contributed by atoms with Gasteiger partial charge in [0.1, 0.15) is 0 Å². The normalized spacial score (nSPS) is 44.2. The second-order valence-electron chi connectivity index (χ2n) is 2.30. The van der Waals surface area contributed by atoms with Crippen LogP contribution in [0.4, 0.5) is 0 Å². The molecule has 0 aromatic carbocycles. The first-order valence-electron chi connectivity index (χ1n) is 3.07. The van der Waals surface area contributed by atoms with Crippen LogP contribution in [0.15, 0.2) is 0 Å². The van der Waals surface area contributed by atoms with Gasteiger partial charge in [-0.15, -0.1) is 0 Å². The summed E-state index contributed by atoms with van der Waals surface area (Å²) in [4.78, 5) is 0. The molecule has 4 N–H and O–H groups in total. The first-order chi connectivity index (χ1) is 3.80. The first-order valence-corrected chi connectivity index (χ1v) is 4.74. The molecule has 2 nitrogen and oxygen atoms in total. The molecule has 1 heterocycles. The van der Waals surface area contributed by atoms with Gasteiger partial charge in [-0.05, 0) is 18.6 Å². The molecule has 1 saturated heterocycles. The molecule has 2 unspecified atom stereocenters. The molecule has 1 fully saturated rings. The molecule has 0 radical (unpaired) electrons. The zero-order valence-electron chi connectivity index (χ0n) is 5.01. The molecule has 0 spiro atoms. The van der Waals surface area contributed by atoms with E-state index in [1.807, 2.05) is 0 Å². The van der Waals surface area contributed by atoms with Crippen LogP contribution in [0.25, 0.3) is 0 Å². The molecule has 0 aromatic heterocycles. The van der Waals surface area contributed by atoms with Crippen molar-refractivity contribution < 1.29 is 0 Å². The third-order valence-electron chi connectivity index (χ3n) is 1.59. The second-order valence-corrected chi connectivity index (χ2v) is 4.44. The third kappa shape index (κ3) is 1.37. The van der Waals surface area contributed by atoms with Crippen LogP contribution in [0.5, 0.6) is 0 Å². The zero-order valence-corrected chi connectivity index (χ0v) is 5.90. The Morgan fingerprint density at radius 2 is 2.12 bits per heavy atom. The second kappa shape index (κ2) is 2.71. The summed E-state index contributed by atoms with van der Waals surface area (Å²) in [7, 11) is 0. The van der Waals surface area contributed by atoms with E-state index in [0.717, 1.165) is 6.42 Å². The van der Waals surface area contributed by atoms with Crippen molar-refractivity contribution in [2.24, 2.45) is 10.9 Å². The van der Waals surface area contributed by atoms with Crippen LogP contribution in [0.1, 0.15) is 19.3 Å². The lowest BCUT2D eigenvalue weighted by Gasteiger charge is -2.28. The Morgan fingerprint density at radius 3 is 2.50 bits per heavy atom. The van der Waals surface area contributed by atoms with Gasteiger partial charge in [0.25, 0.3) is 0 Å². The van der Waals surface area contributed by atoms with Gasteiger partial charge in [-0.2, -0.15) is 11.1 Å². The highest BCUT2D eigenvalue weighted by molar-refractivity contribution is 8.15. The van der Waals surface area contributed by atoms with Crippen LogP contribution in [-0.2, 0) is 0 Å². The highest BCUT2D eigenvalue weighted by Gasteiger charge is 2.13. The molecule has 1 aliphatic heterocycles. The molecule has 8 heavy (non-hydrogen) atoms. The average Bonchev–Trinajstić information content (AvgIpc) is 1.77. The van der Waals surface area contributed by atoms with Crippen LogP contribution >= 0.6 is 11.1 Å². The van der Waals surface area contributed by atoms with Crippen molar-refractivity contribution in [3.63, 3.8) is 0 Å². The van der Waals surface area contributed by atoms with Gasteiger partial charge in [-0.25, -0.2) is 0 Å². The lowest BCUT2D eigenvalue weighted by atomic mass is 10.2. The Hall–Kier alpha value is 0.270. The van der Waals surface area contributed by atoms with Gasteiger partial charge in [-0.1, -0.05) is 6.42 Å². The Labute approximate surface area is 53.1 Å². The minimum absolute atomic E-state index is 0.275. The number of hydrogen-bond acceptors (Lipinski definition) is 2. The van der Waals surface area contributed by atoms with E-state index in [9.17, 15) is 0 Å². The van der Waals surface area contributed by atoms with Crippen LogP contribution in [0.3, 0.4) is 0 Å². The summed E-state index contributed by atoms with van der Waals surface area (Å²) in [5.74, 6) is 1.19. The van der Waals surface area contributed by atoms with Gasteiger partial charge < -0.3 is 5.73 Å². The number of nitrogens with two attached hydrogens (primary N) is 2. The lowest BCUT2D eigenvalue weighted by molar-refractivity contribution is 0.672. The van der Waals surface area contributed by atoms with Crippen molar-refractivity contribution in [1.29, 1.82) is 0 Å². The van der Waals surface area contributed by atoms with E-state index < -0.39 is 0 Å². The molecule has 3 heteroatoms. The highest BCUT2D eigenvalue weighted by atomic mass is 32.2. The highest BCUT2D eigenvalue weighted by Crippen LogP contribution is 2.29. The quantitative estimate of drug-likeness (QED) is 0.418. The number of rotatable bonds is 0. The lowest BCUT2D eigenvalue weighted by Crippen LogP contribution is -2.28. The molecule has 1 rings (SSSR count). The largest absolute Gasteiger partial charge is 0.320 e. The SMILES string of the molecule is NC1CCCC[SH]1N. The molecule has 0 aliphatic carbocycles. The maximum Gasteiger partial charge on any atom is 0.0437 e. The Morgan fingerprint density at radius 1 is 1.38 bits per heavy atom. The van der Waals surface area contributed by atoms with Crippen LogP contribution in [0.2, 0.25) is 0 Å². The van der Waals surface area contributed by atoms with E-state index in [4.69, 9.17) is 10.9 Å². The van der Waals surface area contributed by atoms with Gasteiger partial charge in [0.2, 0.25) is 0 Å². The summed E-state index contributed by atoms with van der Waals surface area (Å²) < 4.78 is 0. The predicted octanol–water partition coefficient (Wildman–Crippen LogP) is 0.330. The van der Waals surface area contributed by atoms with Crippen molar-refractivity contribution in [1.82, 2.24) is 0 Å². The van der Waals surface area contributed by atoms with Crippen LogP contribution < -0.4 is 10.9 Å². The maximum atomic E-state index is 5.72. The summed E-state index contributed by atoms with van der Waals surface area (Å²) in [6.07, 6.45) is 3.75. The first kappa shape index (κ1) is 6.39. The van der Waals surface area contributed by atoms with Crippen molar-refractivity contribution >= 4 is 11.1 Å². The topological polar surface area (TPSA) is 52.0 Å². The molecule has 1 aliphatic rings. The molecule has 2 atom stereocenters. The van der Waals surface area contributed by atoms with E-state index in [-0.39, 0.29) is 11.1 Å². The van der Waals surface area contributed by atoms with E-state index in [0.29, 0.717) is 5.37 Å². The average molecular weight is 134 g/mol. The molecular formula is C5H14N2S. The Kier molecular flexibility index (Phi) is 2.16. The van der Waals surface area contributed by atoms with Crippen molar-refractivity contribution in [3.8, 4) is 0 Å². The fourth-order valence-corrected chi connectivity index (χ4v) is 2.41. The van der Waals surface area contributed by atoms with Gasteiger partial charge in [0.05, 0.1) is 0 Å². The van der Waals surface area contributed by atoms with Crippen molar-refractivity contribution in [3.05, 3.63) is 0 Å². The molecule has 0 aromatic rings. The summed E-state index contributed by atoms with van der Waals surface area (Å²) in [6.45, 7) is 0. The molecule has 0 saturated carbocycles. The summed E-state index contributed by atoms with van der Waals surface area (Å²) in [6, 6.07) is 0. The predicted molar refractivity (Wildman–Crippen MR) is 39.9 cm³/mol. The third-order valence-corrected chi connectivity index (χ3v) is 3.53. The minimum atomic E-state index is -0.275. The summed E-state index contributed by atoms with van der Waals surface area (Å²) in [5.41, 5.74) is 5.68. The monoisotopic (exact) mass is 134 g/mol. The van der Waals surface area contributed by atoms with Gasteiger partial charge in [0.15, 0.2) is 0 Å². The molecule has 0 bridgehead atoms. The number of thiol groups is 1. The Balaban J connectivity index is 2.28. The van der Waals surface area contributed by atoms with Crippen molar-refractivity contribution in [2.75, 3.05) is 5.75 Å². The Bertz CT molecular complexity index is 66.8. The molecular weight excluding hydrogens is 120 g/mol. The smallest absolute Gasteiger partial charge is 0.0437 e. The molecule has 50 valence electrons. The number of hydrogen-bond donors (Lipinski definition) is 3. The summed E-state index contributed by atoms with van der Waals surface area (Å²) in [5, 5.41) is 6.06. The fraction of sp³-hybridized carbons (Fsp3) is 1.00. The maximum absolute atomic E-state index is 5.72. The molecule has 0 amide bonds. The zero-order chi connectivity index (χ0) is 5.98. The van der Waals surface area contributed by atoms with Gasteiger partial charge in [-0.3, -0.25) is 5.14 Å². The minimum Gasteiger partial charge on any atom is -0.320 e. The summed E-state index contributed by atoms with van der Waals surface area (Å²) >= 11 is -0.275. The van der Waals surface area contributed by atoms with E-state index in [1.54, 1.807) is 0 Å². The van der Waals surface area contributed by atoms with Crippen molar-refractivity contribution in [2.45, 2.75) is 24.6 Å². The standard InChI is InChI=1S/C5H14N2S/c6-5-3-1-2-4-8(5)7/h5,8H,1-4,6-7H2.